The molecule has 39 heteroatoms. The van der Waals surface area contributed by atoms with E-state index >= 15 is 0 Å². The average molecular weight is 1670 g/mol. The van der Waals surface area contributed by atoms with E-state index in [1.807, 2.05) is 24.3 Å². The number of methoxy groups -OCH3 is 1. The molecule has 0 radical (unpaired) electrons. The van der Waals surface area contributed by atoms with Gasteiger partial charge in [-0.3, -0.25) is 33.7 Å². The molecule has 0 spiro atoms. The van der Waals surface area contributed by atoms with Crippen LogP contribution >= 0.6 is 0 Å². The van der Waals surface area contributed by atoms with Gasteiger partial charge in [0.1, 0.15) is 48.1 Å². The first kappa shape index (κ1) is 95.6. The second kappa shape index (κ2) is 54.5. The third-order valence-electron chi connectivity index (χ3n) is 18.0. The molecular weight excluding hydrogens is 1550 g/mol. The quantitative estimate of drug-likeness (QED) is 0.0195. The predicted octanol–water partition coefficient (Wildman–Crippen LogP) is 1.70. The SMILES string of the molecule is CCCCc1nc2c(N)nc3cc(C(=O)O)ccc3c2n1Cc1ccc(CNC(=O)OCc2ccc(O[C@@H]3O[C@H](C(=O)O)[C@@H](O)[C@H](O)[C@H]3O)c(NC(=O)CCNC(=O)[C@H](CCCCNC(=O)CCOCCOCCOCCOCCOCCOCCOCCOCCOCCOCCOCCOC)NC(=O)CCN3C(=O)C=CC3=O)c2)cc1. The Morgan fingerprint density at radius 2 is 1.12 bits per heavy atom. The van der Waals surface area contributed by atoms with Crippen molar-refractivity contribution in [2.24, 2.45) is 0 Å². The first-order chi connectivity index (χ1) is 57.2. The number of alkyl carbamates (subject to hydrolysis) is 1. The number of carboxylic acids is 2. The van der Waals surface area contributed by atoms with Crippen molar-refractivity contribution in [1.82, 2.24) is 40.7 Å². The largest absolute Gasteiger partial charge is 0.479 e. The minimum absolute atomic E-state index is 0.0447. The van der Waals surface area contributed by atoms with Crippen LogP contribution in [0.1, 0.15) is 91.2 Å². The molecule has 12 N–H and O–H groups in total. The van der Waals surface area contributed by atoms with Crippen molar-refractivity contribution in [2.75, 3.05) is 190 Å². The predicted molar refractivity (Wildman–Crippen MR) is 420 cm³/mol. The molecule has 652 valence electrons. The molecule has 0 saturated carbocycles. The summed E-state index contributed by atoms with van der Waals surface area (Å²) in [4.78, 5) is 125. The number of ether oxygens (including phenoxy) is 15. The molecule has 3 aromatic carbocycles. The van der Waals surface area contributed by atoms with Gasteiger partial charge >= 0.3 is 18.0 Å². The number of imidazole rings is 1. The molecule has 7 amide bonds. The molecule has 0 unspecified atom stereocenters. The Hall–Kier alpha value is -9.53. The molecule has 0 bridgehead atoms. The number of aromatic nitrogens is 3. The van der Waals surface area contributed by atoms with Crippen LogP contribution in [0.5, 0.6) is 5.75 Å². The van der Waals surface area contributed by atoms with Crippen molar-refractivity contribution in [3.05, 3.63) is 101 Å². The lowest BCUT2D eigenvalue weighted by Gasteiger charge is -2.38. The van der Waals surface area contributed by atoms with Crippen molar-refractivity contribution >= 4 is 86.9 Å². The van der Waals surface area contributed by atoms with Gasteiger partial charge in [-0.25, -0.2) is 24.4 Å². The zero-order chi connectivity index (χ0) is 84.7. The number of carbonyl (C=O) groups excluding carboxylic acids is 7. The van der Waals surface area contributed by atoms with Crippen LogP contribution in [-0.2, 0) is 126 Å². The summed E-state index contributed by atoms with van der Waals surface area (Å²) in [6.07, 6.45) is -6.23. The highest BCUT2D eigenvalue weighted by atomic mass is 16.7. The number of imide groups is 1. The number of nitrogen functional groups attached to an aromatic ring is 1. The zero-order valence-electron chi connectivity index (χ0n) is 66.7. The van der Waals surface area contributed by atoms with Crippen LogP contribution in [-0.4, -0.2) is 314 Å². The third-order valence-corrected chi connectivity index (χ3v) is 18.0. The van der Waals surface area contributed by atoms with Gasteiger partial charge < -0.3 is 133 Å². The summed E-state index contributed by atoms with van der Waals surface area (Å²) < 4.78 is 84.0. The fraction of sp³-hybridized carbons (Fsp3) is 0.582. The molecule has 2 aromatic heterocycles. The Balaban J connectivity index is 0.777. The number of benzene rings is 3. The van der Waals surface area contributed by atoms with Gasteiger partial charge in [-0.2, -0.15) is 0 Å². The Labute approximate surface area is 682 Å². The molecule has 2 aliphatic rings. The number of aliphatic hydroxyl groups excluding tert-OH is 3. The van der Waals surface area contributed by atoms with Crippen molar-refractivity contribution in [3.63, 3.8) is 0 Å². The maximum atomic E-state index is 13.8. The highest BCUT2D eigenvalue weighted by molar-refractivity contribution is 6.13. The minimum Gasteiger partial charge on any atom is -0.479 e. The van der Waals surface area contributed by atoms with Crippen molar-refractivity contribution in [3.8, 4) is 5.75 Å². The Morgan fingerprint density at radius 3 is 1.67 bits per heavy atom. The topological polar surface area (TPSA) is 513 Å². The molecule has 1 saturated heterocycles. The zero-order valence-corrected chi connectivity index (χ0v) is 66.7. The molecule has 1 fully saturated rings. The van der Waals surface area contributed by atoms with Crippen LogP contribution < -0.4 is 37.1 Å². The number of aliphatic hydroxyl groups is 3. The van der Waals surface area contributed by atoms with Crippen molar-refractivity contribution in [1.29, 1.82) is 0 Å². The molecule has 5 aromatic rings. The number of rotatable bonds is 63. The van der Waals surface area contributed by atoms with Gasteiger partial charge in [-0.05, 0) is 72.7 Å². The average Bonchev–Trinajstić information content (AvgIpc) is 1.59. The first-order valence-electron chi connectivity index (χ1n) is 39.3. The number of amides is 7. The van der Waals surface area contributed by atoms with E-state index in [1.165, 1.54) is 30.3 Å². The van der Waals surface area contributed by atoms with E-state index in [1.54, 1.807) is 13.2 Å². The van der Waals surface area contributed by atoms with Crippen LogP contribution in [0.15, 0.2) is 72.8 Å². The van der Waals surface area contributed by atoms with Gasteiger partial charge in [0.15, 0.2) is 11.9 Å². The highest BCUT2D eigenvalue weighted by Crippen LogP contribution is 2.33. The molecule has 118 heavy (non-hydrogen) atoms. The smallest absolute Gasteiger partial charge is 0.407 e. The Morgan fingerprint density at radius 1 is 0.568 bits per heavy atom. The van der Waals surface area contributed by atoms with Crippen LogP contribution in [0.25, 0.3) is 21.9 Å². The summed E-state index contributed by atoms with van der Waals surface area (Å²) in [5, 5.41) is 65.1. The third kappa shape index (κ3) is 34.4. The normalized spacial score (nSPS) is 16.2. The van der Waals surface area contributed by atoms with E-state index in [0.29, 0.717) is 180 Å². The summed E-state index contributed by atoms with van der Waals surface area (Å²) in [6, 6.07) is 15.0. The Bertz CT molecular complexity index is 3950. The molecule has 6 atom stereocenters. The second-order valence-electron chi connectivity index (χ2n) is 26.8. The Kier molecular flexibility index (Phi) is 44.2. The number of anilines is 2. The molecule has 7 rings (SSSR count). The van der Waals surface area contributed by atoms with E-state index in [2.05, 4.69) is 43.1 Å². The van der Waals surface area contributed by atoms with E-state index in [-0.39, 0.29) is 106 Å². The number of pyridine rings is 1. The van der Waals surface area contributed by atoms with Crippen molar-refractivity contribution < 1.29 is 140 Å². The van der Waals surface area contributed by atoms with E-state index < -0.39 is 90.7 Å². The van der Waals surface area contributed by atoms with Gasteiger partial charge in [0.2, 0.25) is 29.9 Å². The summed E-state index contributed by atoms with van der Waals surface area (Å²) in [7, 11) is 1.63. The number of nitrogens with one attached hydrogen (secondary N) is 5. The minimum atomic E-state index is -2.05. The summed E-state index contributed by atoms with van der Waals surface area (Å²) >= 11 is 0. The summed E-state index contributed by atoms with van der Waals surface area (Å²) in [6.45, 7) is 11.3. The summed E-state index contributed by atoms with van der Waals surface area (Å²) in [5.41, 5.74) is 9.86. The fourth-order valence-corrected chi connectivity index (χ4v) is 11.7. The molecule has 0 aliphatic carbocycles. The number of aryl methyl sites for hydroxylation is 1. The number of hydrogen-bond donors (Lipinski definition) is 11. The second-order valence-corrected chi connectivity index (χ2v) is 26.8. The number of hydrogen-bond acceptors (Lipinski definition) is 30. The number of carboxylic acid groups (broad SMARTS) is 2. The van der Waals surface area contributed by atoms with Crippen LogP contribution in [0, 0.1) is 0 Å². The number of nitrogens with two attached hydrogens (primary N) is 1. The van der Waals surface area contributed by atoms with E-state index in [9.17, 15) is 68.7 Å². The van der Waals surface area contributed by atoms with Gasteiger partial charge in [-0.1, -0.05) is 43.7 Å². The van der Waals surface area contributed by atoms with Gasteiger partial charge in [0.25, 0.3) is 11.8 Å². The molecule has 2 aliphatic heterocycles. The van der Waals surface area contributed by atoms with Crippen LogP contribution in [0.3, 0.4) is 0 Å². The monoisotopic (exact) mass is 1660 g/mol. The lowest BCUT2D eigenvalue weighted by molar-refractivity contribution is -0.271. The number of aliphatic carboxylic acids is 1. The lowest BCUT2D eigenvalue weighted by Crippen LogP contribution is -2.61. The molecule has 4 heterocycles. The fourth-order valence-electron chi connectivity index (χ4n) is 11.7. The molecular formula is C79H112N10O29. The van der Waals surface area contributed by atoms with Gasteiger partial charge in [0, 0.05) is 83.1 Å². The number of fused-ring (bicyclic) bond motifs is 3. The van der Waals surface area contributed by atoms with Gasteiger partial charge in [0.05, 0.1) is 174 Å². The number of aromatic carboxylic acids is 1. The maximum Gasteiger partial charge on any atom is 0.407 e. The number of unbranched alkanes of at least 4 members (excludes halogenated alkanes) is 2. The lowest BCUT2D eigenvalue weighted by atomic mass is 9.99. The molecule has 39 nitrogen and oxygen atoms in total. The van der Waals surface area contributed by atoms with Gasteiger partial charge in [-0.15, -0.1) is 0 Å². The van der Waals surface area contributed by atoms with E-state index in [4.69, 9.17) is 81.8 Å². The van der Waals surface area contributed by atoms with Crippen molar-refractivity contribution in [2.45, 2.75) is 121 Å². The first-order valence-corrected chi connectivity index (χ1v) is 39.3. The number of nitrogens with zero attached hydrogens (tertiary/aromatic N) is 4. The van der Waals surface area contributed by atoms with Crippen LogP contribution in [0.4, 0.5) is 16.3 Å². The van der Waals surface area contributed by atoms with Crippen LogP contribution in [0.2, 0.25) is 0 Å². The number of carbonyl (C=O) groups is 9. The maximum absolute atomic E-state index is 13.8. The van der Waals surface area contributed by atoms with E-state index in [0.717, 1.165) is 46.8 Å². The highest BCUT2D eigenvalue weighted by Gasteiger charge is 2.48. The standard InChI is InChI=1S/C79H112N10O29/c1-3-4-8-62-87-68-69(57-15-14-56(76(99)100)49-59(57)86-74(68)80)89(62)51-54-11-9-53(10-12-54)50-83-79(103)116-52-55-13-16-61(117-78-72(97)70(95)71(96)73(118-78)77(101)102)60(48-55)85-64(91)19-23-82-75(98)58(84-65(92)20-24-88-66(93)17-18-67(88)94)7-5-6-22-81-63(90)21-25-105-28-29-107-32-33-109-36-37-111-40-41-113-44-45-115-47-46-114-43-42-112-39-38-110-35-34-108-31-30-106-27-26-104-2/h9-18,48-49,58,70-73,78,95-97H,3-8,19-47,50-52H2,1-2H3,(H2,80,86)(H,81,90)(H,82,98)(H,83,103)(H,84,92)(H,85,91)(H,99,100)(H,101,102)/t58-,70-,71-,72+,73-,78+/m0/s1. The summed E-state index contributed by atoms with van der Waals surface area (Å²) in [5.74, 6) is -5.66.